The monoisotopic (exact) mass is 481 g/mol. The molecule has 0 aliphatic rings. The Bertz CT molecular complexity index is 1120. The van der Waals surface area contributed by atoms with E-state index in [-0.39, 0.29) is 0 Å². The van der Waals surface area contributed by atoms with Crippen molar-refractivity contribution < 1.29 is 9.53 Å². The first-order valence-electron chi connectivity index (χ1n) is 9.16. The molecule has 7 heteroatoms. The predicted molar refractivity (Wildman–Crippen MR) is 128 cm³/mol. The van der Waals surface area contributed by atoms with E-state index in [0.29, 0.717) is 22.0 Å². The Hall–Kier alpha value is -3.03. The van der Waals surface area contributed by atoms with Gasteiger partial charge in [-0.1, -0.05) is 46.3 Å². The Balaban J connectivity index is 1.69. The van der Waals surface area contributed by atoms with Crippen LogP contribution in [0.1, 0.15) is 27.0 Å². The van der Waals surface area contributed by atoms with Crippen LogP contribution in [0.2, 0.25) is 0 Å². The minimum Gasteiger partial charge on any atom is -0.422 e. The van der Waals surface area contributed by atoms with Gasteiger partial charge in [0.25, 0.3) is 0 Å². The summed E-state index contributed by atoms with van der Waals surface area (Å²) in [6.07, 6.45) is 1.55. The van der Waals surface area contributed by atoms with Crippen molar-refractivity contribution in [2.24, 2.45) is 5.10 Å². The largest absolute Gasteiger partial charge is 0.422 e. The number of anilines is 1. The van der Waals surface area contributed by atoms with Crippen molar-refractivity contribution in [3.05, 3.63) is 93.5 Å². The van der Waals surface area contributed by atoms with Crippen LogP contribution in [0.15, 0.2) is 76.3 Å². The number of benzene rings is 3. The fourth-order valence-electron chi connectivity index (χ4n) is 2.71. The lowest BCUT2D eigenvalue weighted by Gasteiger charge is -2.10. The average molecular weight is 482 g/mol. The molecule has 0 amide bonds. The Morgan fingerprint density at radius 2 is 1.87 bits per heavy atom. The van der Waals surface area contributed by atoms with Crippen LogP contribution in [0.5, 0.6) is 5.75 Å². The van der Waals surface area contributed by atoms with Crippen molar-refractivity contribution >= 4 is 51.1 Å². The number of thiocarbonyl (C=S) groups is 1. The smallest absolute Gasteiger partial charge is 0.343 e. The lowest BCUT2D eigenvalue weighted by Crippen LogP contribution is -2.23. The summed E-state index contributed by atoms with van der Waals surface area (Å²) in [7, 11) is 0. The standard InChI is InChI=1S/C23H20BrN3O2S/c1-15-6-5-8-19(12-15)26-23(30)27-25-14-17-13-18(24)10-11-21(17)29-22(28)20-9-4-3-7-16(20)2/h3-14H,1-2H3,(H2,26,27,30)/b25-14+. The molecule has 0 saturated heterocycles. The number of hydrogen-bond donors (Lipinski definition) is 2. The molecule has 152 valence electrons. The third kappa shape index (κ3) is 5.98. The quantitative estimate of drug-likeness (QED) is 0.163. The van der Waals surface area contributed by atoms with E-state index >= 15 is 0 Å². The van der Waals surface area contributed by atoms with Crippen LogP contribution in [0.3, 0.4) is 0 Å². The van der Waals surface area contributed by atoms with Crippen LogP contribution >= 0.6 is 28.1 Å². The fourth-order valence-corrected chi connectivity index (χ4v) is 3.26. The molecule has 2 N–H and O–H groups in total. The molecule has 5 nitrogen and oxygen atoms in total. The highest BCUT2D eigenvalue weighted by Gasteiger charge is 2.13. The zero-order chi connectivity index (χ0) is 21.5. The first-order chi connectivity index (χ1) is 14.4. The first-order valence-corrected chi connectivity index (χ1v) is 10.4. The minimum absolute atomic E-state index is 0.352. The average Bonchev–Trinajstić information content (AvgIpc) is 2.70. The molecule has 0 aromatic heterocycles. The number of halogens is 1. The summed E-state index contributed by atoms with van der Waals surface area (Å²) in [5.74, 6) is -0.0239. The zero-order valence-corrected chi connectivity index (χ0v) is 18.9. The molecule has 0 bridgehead atoms. The molecule has 0 unspecified atom stereocenters. The van der Waals surface area contributed by atoms with Gasteiger partial charge < -0.3 is 10.1 Å². The SMILES string of the molecule is Cc1cccc(NC(=S)N/N=C/c2cc(Br)ccc2OC(=O)c2ccccc2C)c1. The number of hydrogen-bond acceptors (Lipinski definition) is 4. The second kappa shape index (κ2) is 10.1. The second-order valence-electron chi connectivity index (χ2n) is 6.58. The molecule has 0 saturated carbocycles. The molecule has 0 atom stereocenters. The molecule has 0 aliphatic carbocycles. The number of aryl methyl sites for hydroxylation is 2. The van der Waals surface area contributed by atoms with Gasteiger partial charge in [0.2, 0.25) is 0 Å². The Morgan fingerprint density at radius 3 is 2.63 bits per heavy atom. The Labute approximate surface area is 189 Å². The van der Waals surface area contributed by atoms with Crippen molar-refractivity contribution in [3.63, 3.8) is 0 Å². The number of hydrazone groups is 1. The molecule has 0 spiro atoms. The number of nitrogens with one attached hydrogen (secondary N) is 2. The predicted octanol–water partition coefficient (Wildman–Crippen LogP) is 5.61. The van der Waals surface area contributed by atoms with Crippen molar-refractivity contribution in [1.82, 2.24) is 5.43 Å². The summed E-state index contributed by atoms with van der Waals surface area (Å²) in [6, 6.07) is 20.5. The number of esters is 1. The molecule has 0 fully saturated rings. The number of rotatable bonds is 5. The number of carbonyl (C=O) groups excluding carboxylic acids is 1. The number of carbonyl (C=O) groups is 1. The van der Waals surface area contributed by atoms with Crippen molar-refractivity contribution in [1.29, 1.82) is 0 Å². The fraction of sp³-hybridized carbons (Fsp3) is 0.0870. The van der Waals surface area contributed by atoms with Gasteiger partial charge in [-0.05, 0) is 73.6 Å². The van der Waals surface area contributed by atoms with Gasteiger partial charge in [-0.3, -0.25) is 5.43 Å². The van der Waals surface area contributed by atoms with E-state index < -0.39 is 5.97 Å². The van der Waals surface area contributed by atoms with Gasteiger partial charge in [0.05, 0.1) is 11.8 Å². The summed E-state index contributed by atoms with van der Waals surface area (Å²) < 4.78 is 6.44. The highest BCUT2D eigenvalue weighted by Crippen LogP contribution is 2.23. The maximum atomic E-state index is 12.6. The van der Waals surface area contributed by atoms with E-state index in [1.54, 1.807) is 30.5 Å². The van der Waals surface area contributed by atoms with Gasteiger partial charge in [0.15, 0.2) is 5.11 Å². The van der Waals surface area contributed by atoms with Crippen LogP contribution in [-0.4, -0.2) is 17.3 Å². The van der Waals surface area contributed by atoms with Gasteiger partial charge in [0, 0.05) is 15.7 Å². The van der Waals surface area contributed by atoms with Crippen LogP contribution in [-0.2, 0) is 0 Å². The highest BCUT2D eigenvalue weighted by molar-refractivity contribution is 9.10. The van der Waals surface area contributed by atoms with Crippen LogP contribution in [0, 0.1) is 13.8 Å². The molecule has 3 aromatic carbocycles. The van der Waals surface area contributed by atoms with Crippen LogP contribution in [0.25, 0.3) is 0 Å². The lowest BCUT2D eigenvalue weighted by atomic mass is 10.1. The van der Waals surface area contributed by atoms with Gasteiger partial charge in [0.1, 0.15) is 5.75 Å². The molecule has 3 aromatic rings. The van der Waals surface area contributed by atoms with Gasteiger partial charge >= 0.3 is 5.97 Å². The maximum absolute atomic E-state index is 12.6. The summed E-state index contributed by atoms with van der Waals surface area (Å²) >= 11 is 8.70. The highest BCUT2D eigenvalue weighted by atomic mass is 79.9. The molecule has 0 aliphatic heterocycles. The van der Waals surface area contributed by atoms with Crippen LogP contribution in [0.4, 0.5) is 5.69 Å². The van der Waals surface area contributed by atoms with Crippen LogP contribution < -0.4 is 15.5 Å². The Kier molecular flexibility index (Phi) is 7.32. The van der Waals surface area contributed by atoms with Crippen molar-refractivity contribution in [2.45, 2.75) is 13.8 Å². The zero-order valence-electron chi connectivity index (χ0n) is 16.5. The third-order valence-electron chi connectivity index (χ3n) is 4.19. The van der Waals surface area contributed by atoms with Crippen molar-refractivity contribution in [2.75, 3.05) is 5.32 Å². The third-order valence-corrected chi connectivity index (χ3v) is 4.87. The van der Waals surface area contributed by atoms with Gasteiger partial charge in [-0.2, -0.15) is 5.10 Å². The number of nitrogens with zero attached hydrogens (tertiary/aromatic N) is 1. The van der Waals surface area contributed by atoms with Gasteiger partial charge in [-0.25, -0.2) is 4.79 Å². The topological polar surface area (TPSA) is 62.7 Å². The van der Waals surface area contributed by atoms with Gasteiger partial charge in [-0.15, -0.1) is 0 Å². The second-order valence-corrected chi connectivity index (χ2v) is 7.90. The molecule has 0 heterocycles. The number of ether oxygens (including phenoxy) is 1. The molecule has 30 heavy (non-hydrogen) atoms. The van der Waals surface area contributed by atoms with E-state index in [0.717, 1.165) is 21.3 Å². The summed E-state index contributed by atoms with van der Waals surface area (Å²) in [6.45, 7) is 3.87. The van der Waals surface area contributed by atoms with E-state index in [2.05, 4.69) is 31.8 Å². The van der Waals surface area contributed by atoms with E-state index in [1.165, 1.54) is 0 Å². The van der Waals surface area contributed by atoms with E-state index in [1.807, 2.05) is 56.3 Å². The summed E-state index contributed by atoms with van der Waals surface area (Å²) in [4.78, 5) is 12.6. The van der Waals surface area contributed by atoms with E-state index in [9.17, 15) is 4.79 Å². The van der Waals surface area contributed by atoms with Crippen molar-refractivity contribution in [3.8, 4) is 5.75 Å². The Morgan fingerprint density at radius 1 is 1.07 bits per heavy atom. The van der Waals surface area contributed by atoms with E-state index in [4.69, 9.17) is 17.0 Å². The minimum atomic E-state index is -0.422. The molecule has 0 radical (unpaired) electrons. The maximum Gasteiger partial charge on any atom is 0.343 e. The lowest BCUT2D eigenvalue weighted by molar-refractivity contribution is 0.0733. The molecular formula is C23H20BrN3O2S. The first kappa shape index (κ1) is 21.7. The molecule has 3 rings (SSSR count). The summed E-state index contributed by atoms with van der Waals surface area (Å²) in [5, 5.41) is 7.59. The summed E-state index contributed by atoms with van der Waals surface area (Å²) in [5.41, 5.74) is 6.76. The normalized spacial score (nSPS) is 10.6. The molecular weight excluding hydrogens is 462 g/mol.